The van der Waals surface area contributed by atoms with Gasteiger partial charge < -0.3 is 37.0 Å². The quantitative estimate of drug-likeness (QED) is 0.136. The van der Waals surface area contributed by atoms with Crippen LogP contribution >= 0.6 is 0 Å². The maximum absolute atomic E-state index is 14.2. The van der Waals surface area contributed by atoms with E-state index < -0.39 is 101 Å². The number of likely N-dealkylation sites (tertiary alicyclic amines) is 1. The smallest absolute Gasteiger partial charge is 0.339 e. The van der Waals surface area contributed by atoms with E-state index in [1.165, 1.54) is 0 Å². The molecule has 2 aromatic carbocycles. The van der Waals surface area contributed by atoms with Crippen LogP contribution in [0.25, 0.3) is 0 Å². The zero-order chi connectivity index (χ0) is 35.5. The molecule has 1 saturated heterocycles. The van der Waals surface area contributed by atoms with Crippen LogP contribution in [0.15, 0.2) is 42.5 Å². The van der Waals surface area contributed by atoms with Gasteiger partial charge in [-0.05, 0) is 37.0 Å². The second-order valence-electron chi connectivity index (χ2n) is 10.7. The number of hydrogen-bond donors (Lipinski definition) is 6. The van der Waals surface area contributed by atoms with Crippen LogP contribution in [-0.4, -0.2) is 88.9 Å². The number of benzene rings is 2. The van der Waals surface area contributed by atoms with Gasteiger partial charge in [0.1, 0.15) is 29.3 Å². The Hall–Kier alpha value is -5.74. The van der Waals surface area contributed by atoms with Gasteiger partial charge in [-0.15, -0.1) is 0 Å². The van der Waals surface area contributed by atoms with Crippen molar-refractivity contribution in [3.63, 3.8) is 0 Å². The number of nitrogens with one attached hydrogen (secondary N) is 4. The molecule has 6 amide bonds. The molecule has 0 saturated carbocycles. The van der Waals surface area contributed by atoms with Crippen molar-refractivity contribution in [2.75, 3.05) is 19.6 Å². The van der Waals surface area contributed by atoms with Gasteiger partial charge in [-0.25, -0.2) is 13.6 Å². The number of halogens is 2. The Balaban J connectivity index is 1.59. The van der Waals surface area contributed by atoms with Crippen molar-refractivity contribution in [3.8, 4) is 0 Å². The van der Waals surface area contributed by atoms with E-state index >= 15 is 0 Å². The first-order valence-corrected chi connectivity index (χ1v) is 14.8. The predicted molar refractivity (Wildman–Crippen MR) is 162 cm³/mol. The molecule has 0 bridgehead atoms. The Morgan fingerprint density at radius 3 is 2.17 bits per heavy atom. The van der Waals surface area contributed by atoms with E-state index in [9.17, 15) is 52.2 Å². The molecule has 0 aromatic heterocycles. The minimum atomic E-state index is -1.90. The summed E-state index contributed by atoms with van der Waals surface area (Å²) in [5.74, 6) is -11.4. The molecule has 1 fully saturated rings. The van der Waals surface area contributed by atoms with Crippen molar-refractivity contribution in [3.05, 3.63) is 70.8 Å². The highest BCUT2D eigenvalue weighted by Crippen LogP contribution is 2.20. The second-order valence-corrected chi connectivity index (χ2v) is 10.7. The predicted octanol–water partition coefficient (Wildman–Crippen LogP) is -0.303. The van der Waals surface area contributed by atoms with E-state index in [2.05, 4.69) is 16.0 Å². The average Bonchev–Trinajstić information content (AvgIpc) is 3.56. The number of nitrogens with zero attached hydrogens (tertiary/aromatic N) is 1. The number of hydrogen-bond acceptors (Lipinski definition) is 8. The fourth-order valence-corrected chi connectivity index (χ4v) is 5.07. The van der Waals surface area contributed by atoms with Gasteiger partial charge in [0.2, 0.25) is 29.4 Å². The number of amides is 6. The Morgan fingerprint density at radius 1 is 0.917 bits per heavy atom. The lowest BCUT2D eigenvalue weighted by Gasteiger charge is -2.26. The third-order valence-corrected chi connectivity index (χ3v) is 7.39. The molecule has 2 aromatic rings. The summed E-state index contributed by atoms with van der Waals surface area (Å²) >= 11 is 0. The number of Topliss-reactive ketones (excluding diaryl/α,β-unsaturated/α-hetero) is 1. The van der Waals surface area contributed by atoms with Crippen LogP contribution in [0.1, 0.15) is 64.9 Å². The molecule has 3 atom stereocenters. The summed E-state index contributed by atoms with van der Waals surface area (Å²) < 4.78 is 28.2. The summed E-state index contributed by atoms with van der Waals surface area (Å²) in [5.41, 5.74) is 3.46. The van der Waals surface area contributed by atoms with Gasteiger partial charge >= 0.3 is 5.97 Å². The van der Waals surface area contributed by atoms with Gasteiger partial charge in [-0.2, -0.15) is 0 Å². The number of aromatic carboxylic acids is 1. The normalized spacial score (nSPS) is 15.1. The number of carbonyl (C=O) groups is 8. The SMILES string of the molecule is CCCC(NC(=O)[C@@H]1CCCN1C(=O)CNC(=O)c1c(F)ccc(F)c1C(=O)O)C(=O)C(=O)NCC(=O)NC(C(N)=O)c1ccccc1. The van der Waals surface area contributed by atoms with Crippen molar-refractivity contribution in [2.45, 2.75) is 50.7 Å². The molecular weight excluding hydrogens is 638 g/mol. The van der Waals surface area contributed by atoms with Gasteiger partial charge in [-0.1, -0.05) is 43.7 Å². The molecule has 17 heteroatoms. The summed E-state index contributed by atoms with van der Waals surface area (Å²) in [4.78, 5) is 101. The maximum Gasteiger partial charge on any atom is 0.339 e. The van der Waals surface area contributed by atoms with Gasteiger partial charge in [0.15, 0.2) is 0 Å². The maximum atomic E-state index is 14.2. The number of carboxylic acids is 1. The molecule has 1 heterocycles. The Labute approximate surface area is 272 Å². The van der Waals surface area contributed by atoms with Crippen LogP contribution < -0.4 is 27.0 Å². The van der Waals surface area contributed by atoms with E-state index in [0.29, 0.717) is 30.5 Å². The molecule has 0 spiro atoms. The first-order valence-electron chi connectivity index (χ1n) is 14.8. The first kappa shape index (κ1) is 36.7. The summed E-state index contributed by atoms with van der Waals surface area (Å²) in [6.07, 6.45) is 0.908. The Bertz CT molecular complexity index is 1600. The standard InChI is InChI=1S/C31H34F2N6O9/c1-2-7-19(26(42)30(46)35-14-21(40)38-25(27(34)43)16-8-4-3-5-9-16)37-28(44)20-10-6-13-39(20)22(41)15-36-29(45)23-17(32)11-12-18(33)24(23)31(47)48/h3-5,8-9,11-12,19-20,25H,2,6-7,10,13-15H2,1H3,(H2,34,43)(H,35,46)(H,36,45)(H,37,44)(H,38,40)(H,47,48)/t19?,20-,25?/m0/s1. The Morgan fingerprint density at radius 2 is 1.56 bits per heavy atom. The minimum absolute atomic E-state index is 0.0315. The van der Waals surface area contributed by atoms with Crippen molar-refractivity contribution in [1.29, 1.82) is 0 Å². The van der Waals surface area contributed by atoms with Gasteiger partial charge in [0.25, 0.3) is 11.8 Å². The summed E-state index contributed by atoms with van der Waals surface area (Å²) in [7, 11) is 0. The molecule has 256 valence electrons. The van der Waals surface area contributed by atoms with Crippen LogP contribution in [-0.2, 0) is 28.8 Å². The molecule has 3 rings (SSSR count). The van der Waals surface area contributed by atoms with Gasteiger partial charge in [-0.3, -0.25) is 33.6 Å². The monoisotopic (exact) mass is 672 g/mol. The van der Waals surface area contributed by atoms with E-state index in [1.807, 2.05) is 5.32 Å². The molecular formula is C31H34F2N6O9. The highest BCUT2D eigenvalue weighted by molar-refractivity contribution is 6.38. The van der Waals surface area contributed by atoms with Crippen molar-refractivity contribution < 1.29 is 52.2 Å². The first-order chi connectivity index (χ1) is 22.8. The van der Waals surface area contributed by atoms with Crippen LogP contribution in [0, 0.1) is 11.6 Å². The number of ketones is 1. The molecule has 48 heavy (non-hydrogen) atoms. The molecule has 0 aliphatic carbocycles. The van der Waals surface area contributed by atoms with Crippen LogP contribution in [0.5, 0.6) is 0 Å². The topological polar surface area (TPSA) is 234 Å². The van der Waals surface area contributed by atoms with Crippen molar-refractivity contribution >= 4 is 47.2 Å². The largest absolute Gasteiger partial charge is 0.478 e. The van der Waals surface area contributed by atoms with Gasteiger partial charge in [0.05, 0.1) is 24.7 Å². The number of carboxylic acid groups (broad SMARTS) is 1. The lowest BCUT2D eigenvalue weighted by Crippen LogP contribution is -2.54. The lowest BCUT2D eigenvalue weighted by atomic mass is 10.0. The molecule has 15 nitrogen and oxygen atoms in total. The van der Waals surface area contributed by atoms with Crippen LogP contribution in [0.4, 0.5) is 8.78 Å². The molecule has 1 aliphatic heterocycles. The van der Waals surface area contributed by atoms with Crippen molar-refractivity contribution in [2.24, 2.45) is 5.73 Å². The third kappa shape index (κ3) is 9.17. The number of rotatable bonds is 15. The zero-order valence-corrected chi connectivity index (χ0v) is 25.7. The third-order valence-electron chi connectivity index (χ3n) is 7.39. The fraction of sp³-hybridized carbons (Fsp3) is 0.355. The number of nitrogens with two attached hydrogens (primary N) is 1. The Kier molecular flexibility index (Phi) is 12.8. The highest BCUT2D eigenvalue weighted by Gasteiger charge is 2.37. The highest BCUT2D eigenvalue weighted by atomic mass is 19.1. The van der Waals surface area contributed by atoms with E-state index in [-0.39, 0.29) is 19.4 Å². The summed E-state index contributed by atoms with van der Waals surface area (Å²) in [6, 6.07) is 5.58. The average molecular weight is 673 g/mol. The molecule has 2 unspecified atom stereocenters. The van der Waals surface area contributed by atoms with E-state index in [4.69, 9.17) is 5.73 Å². The number of carbonyl (C=O) groups excluding carboxylic acids is 7. The summed E-state index contributed by atoms with van der Waals surface area (Å²) in [5, 5.41) is 18.2. The van der Waals surface area contributed by atoms with Crippen LogP contribution in [0.3, 0.4) is 0 Å². The number of primary amides is 1. The second kappa shape index (κ2) is 16.7. The summed E-state index contributed by atoms with van der Waals surface area (Å²) in [6.45, 7) is 0.285. The molecule has 1 aliphatic rings. The minimum Gasteiger partial charge on any atom is -0.478 e. The fourth-order valence-electron chi connectivity index (χ4n) is 5.07. The van der Waals surface area contributed by atoms with Crippen molar-refractivity contribution in [1.82, 2.24) is 26.2 Å². The molecule has 0 radical (unpaired) electrons. The van der Waals surface area contributed by atoms with E-state index in [0.717, 1.165) is 4.90 Å². The lowest BCUT2D eigenvalue weighted by molar-refractivity contribution is -0.142. The molecule has 7 N–H and O–H groups in total. The zero-order valence-electron chi connectivity index (χ0n) is 25.7. The van der Waals surface area contributed by atoms with E-state index in [1.54, 1.807) is 37.3 Å². The van der Waals surface area contributed by atoms with Crippen LogP contribution in [0.2, 0.25) is 0 Å². The van der Waals surface area contributed by atoms with Gasteiger partial charge in [0, 0.05) is 6.54 Å².